The molecule has 0 aliphatic heterocycles. The van der Waals surface area contributed by atoms with Gasteiger partial charge in [-0.3, -0.25) is 4.79 Å². The Hall–Kier alpha value is -2.85. The standard InChI is InChI=1S/C17H14F3N5OS/c18-17(19,20)16-23-13-6-2-1-5-12(13)15(24-16)27-11-14(26)25(9-3-7-21)10-4-8-22/h1-2,5-6H,3-4,9-11H2. The lowest BCUT2D eigenvalue weighted by Crippen LogP contribution is -2.34. The predicted molar refractivity (Wildman–Crippen MR) is 92.3 cm³/mol. The lowest BCUT2D eigenvalue weighted by atomic mass is 10.2. The Labute approximate surface area is 157 Å². The topological polar surface area (TPSA) is 93.7 Å². The number of rotatable bonds is 7. The number of alkyl halides is 3. The molecule has 1 heterocycles. The van der Waals surface area contributed by atoms with E-state index in [0.29, 0.717) is 5.39 Å². The third-order valence-corrected chi connectivity index (χ3v) is 4.47. The maximum absolute atomic E-state index is 13.0. The molecule has 0 bridgehead atoms. The number of thioether (sulfide) groups is 1. The molecule has 1 aromatic heterocycles. The molecule has 1 amide bonds. The van der Waals surface area contributed by atoms with Crippen LogP contribution in [0.4, 0.5) is 13.2 Å². The summed E-state index contributed by atoms with van der Waals surface area (Å²) in [4.78, 5) is 20.8. The highest BCUT2D eigenvalue weighted by molar-refractivity contribution is 8.00. The van der Waals surface area contributed by atoms with Crippen LogP contribution in [0.1, 0.15) is 18.7 Å². The van der Waals surface area contributed by atoms with Crippen molar-refractivity contribution in [2.24, 2.45) is 0 Å². The highest BCUT2D eigenvalue weighted by Gasteiger charge is 2.35. The summed E-state index contributed by atoms with van der Waals surface area (Å²) in [6, 6.07) is 10.1. The molecule has 0 saturated heterocycles. The Morgan fingerprint density at radius 2 is 1.74 bits per heavy atom. The van der Waals surface area contributed by atoms with Gasteiger partial charge in [0.05, 0.1) is 36.2 Å². The van der Waals surface area contributed by atoms with Crippen LogP contribution in [0, 0.1) is 22.7 Å². The van der Waals surface area contributed by atoms with Gasteiger partial charge in [-0.05, 0) is 6.07 Å². The van der Waals surface area contributed by atoms with E-state index in [2.05, 4.69) is 9.97 Å². The molecule has 0 N–H and O–H groups in total. The van der Waals surface area contributed by atoms with E-state index in [0.717, 1.165) is 11.8 Å². The molecule has 0 fully saturated rings. The fraction of sp³-hybridized carbons (Fsp3) is 0.353. The zero-order chi connectivity index (χ0) is 19.9. The molecule has 27 heavy (non-hydrogen) atoms. The Morgan fingerprint density at radius 3 is 2.33 bits per heavy atom. The van der Waals surface area contributed by atoms with E-state index in [1.165, 1.54) is 11.0 Å². The molecule has 0 unspecified atom stereocenters. The first kappa shape index (κ1) is 20.5. The molecular formula is C17H14F3N5OS. The monoisotopic (exact) mass is 393 g/mol. The van der Waals surface area contributed by atoms with Crippen molar-refractivity contribution < 1.29 is 18.0 Å². The van der Waals surface area contributed by atoms with Crippen molar-refractivity contribution in [3.63, 3.8) is 0 Å². The maximum Gasteiger partial charge on any atom is 0.451 e. The maximum atomic E-state index is 13.0. The minimum absolute atomic E-state index is 0.0572. The number of para-hydroxylation sites is 1. The van der Waals surface area contributed by atoms with Crippen LogP contribution in [0.3, 0.4) is 0 Å². The molecule has 6 nitrogen and oxygen atoms in total. The lowest BCUT2D eigenvalue weighted by Gasteiger charge is -2.20. The van der Waals surface area contributed by atoms with Gasteiger partial charge in [-0.15, -0.1) is 0 Å². The van der Waals surface area contributed by atoms with E-state index in [1.807, 2.05) is 12.1 Å². The van der Waals surface area contributed by atoms with Gasteiger partial charge in [0.2, 0.25) is 11.7 Å². The first-order valence-electron chi connectivity index (χ1n) is 7.85. The molecule has 0 atom stereocenters. The van der Waals surface area contributed by atoms with Crippen molar-refractivity contribution in [3.05, 3.63) is 30.1 Å². The Kier molecular flexibility index (Phi) is 6.97. The molecule has 2 rings (SSSR count). The normalized spacial score (nSPS) is 11.0. The van der Waals surface area contributed by atoms with E-state index in [4.69, 9.17) is 10.5 Å². The Balaban J connectivity index is 2.23. The third kappa shape index (κ3) is 5.56. The fourth-order valence-electron chi connectivity index (χ4n) is 2.24. The molecule has 10 heteroatoms. The quantitative estimate of drug-likeness (QED) is 0.529. The summed E-state index contributed by atoms with van der Waals surface area (Å²) in [5.41, 5.74) is 0.139. The number of nitrogens with zero attached hydrogens (tertiary/aromatic N) is 5. The first-order chi connectivity index (χ1) is 12.9. The molecule has 140 valence electrons. The van der Waals surface area contributed by atoms with Gasteiger partial charge in [-0.2, -0.15) is 23.7 Å². The van der Waals surface area contributed by atoms with Crippen molar-refractivity contribution >= 4 is 28.6 Å². The highest BCUT2D eigenvalue weighted by Crippen LogP contribution is 2.32. The minimum atomic E-state index is -4.70. The first-order valence-corrected chi connectivity index (χ1v) is 8.84. The van der Waals surface area contributed by atoms with Crippen LogP contribution in [0.5, 0.6) is 0 Å². The number of carbonyl (C=O) groups excluding carboxylic acids is 1. The van der Waals surface area contributed by atoms with Crippen LogP contribution in [0.25, 0.3) is 10.9 Å². The van der Waals surface area contributed by atoms with Crippen LogP contribution in [0.15, 0.2) is 29.3 Å². The van der Waals surface area contributed by atoms with E-state index < -0.39 is 12.0 Å². The molecule has 0 saturated carbocycles. The van der Waals surface area contributed by atoms with Crippen molar-refractivity contribution in [3.8, 4) is 12.1 Å². The Bertz CT molecular complexity index is 886. The summed E-state index contributed by atoms with van der Waals surface area (Å²) in [6.07, 6.45) is -4.48. The van der Waals surface area contributed by atoms with Gasteiger partial charge >= 0.3 is 6.18 Å². The number of aromatic nitrogens is 2. The number of halogens is 3. The van der Waals surface area contributed by atoms with Crippen molar-refractivity contribution in [2.45, 2.75) is 24.0 Å². The largest absolute Gasteiger partial charge is 0.451 e. The summed E-state index contributed by atoms with van der Waals surface area (Å²) < 4.78 is 39.1. The molecule has 2 aromatic rings. The van der Waals surface area contributed by atoms with Crippen LogP contribution >= 0.6 is 11.8 Å². The average molecular weight is 393 g/mol. The van der Waals surface area contributed by atoms with Crippen molar-refractivity contribution in [1.29, 1.82) is 10.5 Å². The molecule has 0 spiro atoms. The second-order valence-electron chi connectivity index (χ2n) is 5.35. The van der Waals surface area contributed by atoms with Gasteiger partial charge in [0, 0.05) is 18.5 Å². The van der Waals surface area contributed by atoms with E-state index >= 15 is 0 Å². The SMILES string of the molecule is N#CCCN(CCC#N)C(=O)CSc1nc(C(F)(F)F)nc2ccccc12. The van der Waals surface area contributed by atoms with Crippen LogP contribution < -0.4 is 0 Å². The van der Waals surface area contributed by atoms with E-state index in [1.54, 1.807) is 18.2 Å². The molecule has 0 aliphatic carbocycles. The third-order valence-electron chi connectivity index (χ3n) is 3.49. The molecule has 1 aromatic carbocycles. The van der Waals surface area contributed by atoms with Gasteiger partial charge in [0.25, 0.3) is 0 Å². The number of benzene rings is 1. The summed E-state index contributed by atoms with van der Waals surface area (Å²) in [5, 5.41) is 17.8. The molecule has 0 aliphatic rings. The van der Waals surface area contributed by atoms with Gasteiger partial charge in [0.1, 0.15) is 5.03 Å². The predicted octanol–water partition coefficient (Wildman–Crippen LogP) is 3.40. The zero-order valence-corrected chi connectivity index (χ0v) is 14.8. The van der Waals surface area contributed by atoms with Crippen LogP contribution in [0.2, 0.25) is 0 Å². The van der Waals surface area contributed by atoms with E-state index in [-0.39, 0.29) is 48.1 Å². The zero-order valence-electron chi connectivity index (χ0n) is 14.0. The average Bonchev–Trinajstić information content (AvgIpc) is 2.65. The van der Waals surface area contributed by atoms with Gasteiger partial charge in [-0.25, -0.2) is 9.97 Å². The van der Waals surface area contributed by atoms with Crippen LogP contribution in [-0.4, -0.2) is 39.6 Å². The number of hydrogen-bond acceptors (Lipinski definition) is 6. The van der Waals surface area contributed by atoms with Crippen molar-refractivity contribution in [1.82, 2.24) is 14.9 Å². The molecule has 0 radical (unpaired) electrons. The number of nitriles is 2. The van der Waals surface area contributed by atoms with E-state index in [9.17, 15) is 18.0 Å². The Morgan fingerprint density at radius 1 is 1.11 bits per heavy atom. The van der Waals surface area contributed by atoms with Gasteiger partial charge in [-0.1, -0.05) is 30.0 Å². The van der Waals surface area contributed by atoms with Crippen molar-refractivity contribution in [2.75, 3.05) is 18.8 Å². The lowest BCUT2D eigenvalue weighted by molar-refractivity contribution is -0.145. The minimum Gasteiger partial charge on any atom is -0.340 e. The van der Waals surface area contributed by atoms with Gasteiger partial charge in [0.15, 0.2) is 0 Å². The second-order valence-corrected chi connectivity index (χ2v) is 6.32. The summed E-state index contributed by atoms with van der Waals surface area (Å²) in [7, 11) is 0. The number of hydrogen-bond donors (Lipinski definition) is 0. The highest BCUT2D eigenvalue weighted by atomic mass is 32.2. The van der Waals surface area contributed by atoms with Gasteiger partial charge < -0.3 is 4.90 Å². The summed E-state index contributed by atoms with van der Waals surface area (Å²) >= 11 is 0.875. The number of amides is 1. The molecular weight excluding hydrogens is 379 g/mol. The summed E-state index contributed by atoms with van der Waals surface area (Å²) in [5.74, 6) is -1.79. The number of carbonyl (C=O) groups is 1. The smallest absolute Gasteiger partial charge is 0.340 e. The second kappa shape index (κ2) is 9.19. The van der Waals surface area contributed by atoms with Crippen LogP contribution in [-0.2, 0) is 11.0 Å². The number of fused-ring (bicyclic) bond motifs is 1. The summed E-state index contributed by atoms with van der Waals surface area (Å²) in [6.45, 7) is 0.325. The fourth-order valence-corrected chi connectivity index (χ4v) is 3.16.